The third-order valence-electron chi connectivity index (χ3n) is 11.5. The van der Waals surface area contributed by atoms with Crippen molar-refractivity contribution in [2.75, 3.05) is 0 Å². The molecular weight excluding hydrogens is 683 g/mol. The van der Waals surface area contributed by atoms with Crippen LogP contribution in [0.15, 0.2) is 180 Å². The first-order valence-corrected chi connectivity index (χ1v) is 19.1. The molecule has 264 valence electrons. The monoisotopic (exact) mass is 717 g/mol. The van der Waals surface area contributed by atoms with E-state index < -0.39 is 0 Å². The zero-order valence-corrected chi connectivity index (χ0v) is 31.0. The maximum Gasteiger partial charge on any atom is 0.164 e. The standard InChI is InChI=1S/C52H35N3O/c1-52(2)44-25-12-11-22-38(44)39-28-27-36(30-45(39)52)50-53-49(35-20-13-19-34(29-35)32-15-5-3-6-16-32)54-51(55-50)41-24-14-26-46-47(41)43-31-42(33-17-7-4-8-18-33)37-21-9-10-23-40(37)48(43)56-46/h3-31H,1-2H3. The Labute approximate surface area is 324 Å². The van der Waals surface area contributed by atoms with Gasteiger partial charge in [0.25, 0.3) is 0 Å². The second kappa shape index (κ2) is 12.4. The molecule has 4 nitrogen and oxygen atoms in total. The summed E-state index contributed by atoms with van der Waals surface area (Å²) in [7, 11) is 0. The van der Waals surface area contributed by atoms with Gasteiger partial charge in [0.05, 0.1) is 0 Å². The van der Waals surface area contributed by atoms with Gasteiger partial charge in [-0.1, -0.05) is 166 Å². The lowest BCUT2D eigenvalue weighted by Crippen LogP contribution is -2.15. The molecule has 0 saturated heterocycles. The van der Waals surface area contributed by atoms with Crippen LogP contribution in [0.5, 0.6) is 0 Å². The maximum atomic E-state index is 6.75. The van der Waals surface area contributed by atoms with Crippen LogP contribution in [0.25, 0.3) is 100 Å². The molecule has 8 aromatic carbocycles. The van der Waals surface area contributed by atoms with Gasteiger partial charge < -0.3 is 4.42 Å². The number of benzene rings is 8. The van der Waals surface area contributed by atoms with E-state index in [1.807, 2.05) is 18.2 Å². The zero-order chi connectivity index (χ0) is 37.4. The highest BCUT2D eigenvalue weighted by Gasteiger charge is 2.35. The second-order valence-corrected chi connectivity index (χ2v) is 15.2. The molecule has 0 unspecified atom stereocenters. The molecule has 0 aliphatic heterocycles. The average Bonchev–Trinajstić information content (AvgIpc) is 3.76. The van der Waals surface area contributed by atoms with Crippen molar-refractivity contribution in [3.8, 4) is 67.5 Å². The highest BCUT2D eigenvalue weighted by Crippen LogP contribution is 2.49. The molecule has 4 heteroatoms. The first-order valence-electron chi connectivity index (χ1n) is 19.1. The largest absolute Gasteiger partial charge is 0.455 e. The fourth-order valence-corrected chi connectivity index (χ4v) is 8.76. The Bertz CT molecular complexity index is 3160. The molecule has 1 aliphatic carbocycles. The Morgan fingerprint density at radius 2 is 0.964 bits per heavy atom. The van der Waals surface area contributed by atoms with Crippen LogP contribution in [-0.4, -0.2) is 15.0 Å². The predicted octanol–water partition coefficient (Wildman–Crippen LogP) is 13.6. The first kappa shape index (κ1) is 32.3. The summed E-state index contributed by atoms with van der Waals surface area (Å²) < 4.78 is 6.75. The molecule has 0 saturated carbocycles. The molecule has 0 atom stereocenters. The minimum absolute atomic E-state index is 0.162. The molecule has 0 fully saturated rings. The van der Waals surface area contributed by atoms with Gasteiger partial charge in [0.15, 0.2) is 17.5 Å². The fraction of sp³-hybridized carbons (Fsp3) is 0.0577. The van der Waals surface area contributed by atoms with E-state index >= 15 is 0 Å². The molecule has 1 aliphatic rings. The predicted molar refractivity (Wildman–Crippen MR) is 229 cm³/mol. The van der Waals surface area contributed by atoms with Gasteiger partial charge in [0, 0.05) is 38.3 Å². The van der Waals surface area contributed by atoms with E-state index in [1.54, 1.807) is 0 Å². The van der Waals surface area contributed by atoms with Crippen molar-refractivity contribution < 1.29 is 4.42 Å². The van der Waals surface area contributed by atoms with Crippen molar-refractivity contribution in [1.82, 2.24) is 15.0 Å². The van der Waals surface area contributed by atoms with Crippen molar-refractivity contribution in [3.05, 3.63) is 187 Å². The Morgan fingerprint density at radius 3 is 1.77 bits per heavy atom. The summed E-state index contributed by atoms with van der Waals surface area (Å²) in [5.41, 5.74) is 14.0. The number of rotatable bonds is 5. The van der Waals surface area contributed by atoms with Crippen LogP contribution in [0.4, 0.5) is 0 Å². The normalized spacial score (nSPS) is 13.0. The Hall–Kier alpha value is -7.17. The maximum absolute atomic E-state index is 6.75. The first-order chi connectivity index (χ1) is 27.5. The van der Waals surface area contributed by atoms with Crippen LogP contribution in [-0.2, 0) is 5.41 Å². The molecule has 0 N–H and O–H groups in total. The third kappa shape index (κ3) is 5.03. The van der Waals surface area contributed by atoms with Crippen LogP contribution in [0, 0.1) is 0 Å². The summed E-state index contributed by atoms with van der Waals surface area (Å²) in [5, 5.41) is 4.23. The summed E-state index contributed by atoms with van der Waals surface area (Å²) in [5.74, 6) is 1.84. The van der Waals surface area contributed by atoms with Crippen molar-refractivity contribution >= 4 is 32.7 Å². The lowest BCUT2D eigenvalue weighted by Gasteiger charge is -2.21. The van der Waals surface area contributed by atoms with Crippen LogP contribution in [0.1, 0.15) is 25.0 Å². The van der Waals surface area contributed by atoms with Gasteiger partial charge in [0.1, 0.15) is 11.2 Å². The molecule has 0 spiro atoms. The van der Waals surface area contributed by atoms with Crippen LogP contribution < -0.4 is 0 Å². The van der Waals surface area contributed by atoms with Gasteiger partial charge in [-0.05, 0) is 74.2 Å². The smallest absolute Gasteiger partial charge is 0.164 e. The molecular formula is C52H35N3O. The Morgan fingerprint density at radius 1 is 0.375 bits per heavy atom. The topological polar surface area (TPSA) is 51.8 Å². The third-order valence-corrected chi connectivity index (χ3v) is 11.5. The van der Waals surface area contributed by atoms with Gasteiger partial charge >= 0.3 is 0 Å². The van der Waals surface area contributed by atoms with Crippen molar-refractivity contribution in [2.45, 2.75) is 19.3 Å². The molecule has 11 rings (SSSR count). The van der Waals surface area contributed by atoms with Crippen molar-refractivity contribution in [2.24, 2.45) is 0 Å². The van der Waals surface area contributed by atoms with E-state index in [2.05, 4.69) is 172 Å². The highest BCUT2D eigenvalue weighted by atomic mass is 16.3. The van der Waals surface area contributed by atoms with E-state index in [1.165, 1.54) is 22.3 Å². The summed E-state index contributed by atoms with van der Waals surface area (Å²) in [6, 6.07) is 61.8. The van der Waals surface area contributed by atoms with Gasteiger partial charge in [0.2, 0.25) is 0 Å². The number of furan rings is 1. The molecule has 2 heterocycles. The number of fused-ring (bicyclic) bond motifs is 8. The molecule has 0 bridgehead atoms. The second-order valence-electron chi connectivity index (χ2n) is 15.2. The minimum atomic E-state index is -0.162. The number of aromatic nitrogens is 3. The lowest BCUT2D eigenvalue weighted by atomic mass is 9.82. The highest BCUT2D eigenvalue weighted by molar-refractivity contribution is 6.22. The van der Waals surface area contributed by atoms with Crippen LogP contribution in [0.2, 0.25) is 0 Å². The van der Waals surface area contributed by atoms with E-state index in [0.29, 0.717) is 17.5 Å². The molecule has 56 heavy (non-hydrogen) atoms. The molecule has 0 radical (unpaired) electrons. The lowest BCUT2D eigenvalue weighted by molar-refractivity contribution is 0.660. The van der Waals surface area contributed by atoms with Crippen LogP contribution >= 0.6 is 0 Å². The number of hydrogen-bond donors (Lipinski definition) is 0. The van der Waals surface area contributed by atoms with E-state index in [4.69, 9.17) is 19.4 Å². The SMILES string of the molecule is CC1(C)c2ccccc2-c2ccc(-c3nc(-c4cccc(-c5ccccc5)c4)nc(-c4cccc5oc6c7ccccc7c(-c7ccccc7)cc6c45)n3)cc21. The Kier molecular flexibility index (Phi) is 7.17. The van der Waals surface area contributed by atoms with Crippen molar-refractivity contribution in [3.63, 3.8) is 0 Å². The van der Waals surface area contributed by atoms with E-state index in [0.717, 1.165) is 71.7 Å². The fourth-order valence-electron chi connectivity index (χ4n) is 8.76. The summed E-state index contributed by atoms with van der Waals surface area (Å²) in [6.07, 6.45) is 0. The Balaban J connectivity index is 1.16. The molecule has 10 aromatic rings. The van der Waals surface area contributed by atoms with E-state index in [-0.39, 0.29) is 5.41 Å². The van der Waals surface area contributed by atoms with Gasteiger partial charge in [-0.15, -0.1) is 0 Å². The van der Waals surface area contributed by atoms with Gasteiger partial charge in [-0.2, -0.15) is 0 Å². The van der Waals surface area contributed by atoms with E-state index in [9.17, 15) is 0 Å². The number of hydrogen-bond acceptors (Lipinski definition) is 4. The summed E-state index contributed by atoms with van der Waals surface area (Å²) in [4.78, 5) is 15.8. The average molecular weight is 718 g/mol. The molecule has 2 aromatic heterocycles. The van der Waals surface area contributed by atoms with Crippen molar-refractivity contribution in [1.29, 1.82) is 0 Å². The van der Waals surface area contributed by atoms with Crippen LogP contribution in [0.3, 0.4) is 0 Å². The van der Waals surface area contributed by atoms with Gasteiger partial charge in [-0.25, -0.2) is 15.0 Å². The summed E-state index contributed by atoms with van der Waals surface area (Å²) in [6.45, 7) is 4.61. The summed E-state index contributed by atoms with van der Waals surface area (Å²) >= 11 is 0. The zero-order valence-electron chi connectivity index (χ0n) is 31.0. The quantitative estimate of drug-likeness (QED) is 0.178. The number of nitrogens with zero attached hydrogens (tertiary/aromatic N) is 3. The minimum Gasteiger partial charge on any atom is -0.455 e. The molecule has 0 amide bonds. The van der Waals surface area contributed by atoms with Gasteiger partial charge in [-0.3, -0.25) is 0 Å².